The first-order chi connectivity index (χ1) is 9.69. The highest BCUT2D eigenvalue weighted by Crippen LogP contribution is 2.13. The van der Waals surface area contributed by atoms with Gasteiger partial charge in [-0.25, -0.2) is 0 Å². The standard InChI is InChI=1S/C16H31N3O2/c1-12(2)15(21)19-10-7-13(8-11-19)18-14(20)6-9-17-16(3,4)5/h12-13,17H,6-11H2,1-5H3,(H,18,20). The average Bonchev–Trinajstić information content (AvgIpc) is 2.37. The molecule has 2 N–H and O–H groups in total. The summed E-state index contributed by atoms with van der Waals surface area (Å²) in [5.74, 6) is 0.370. The van der Waals surface area contributed by atoms with Crippen LogP contribution in [0.25, 0.3) is 0 Å². The van der Waals surface area contributed by atoms with E-state index in [0.29, 0.717) is 13.0 Å². The summed E-state index contributed by atoms with van der Waals surface area (Å²) in [5.41, 5.74) is 0.0445. The lowest BCUT2D eigenvalue weighted by Gasteiger charge is -2.33. The Bertz CT molecular complexity index is 353. The number of amides is 2. The van der Waals surface area contributed by atoms with E-state index >= 15 is 0 Å². The van der Waals surface area contributed by atoms with Crippen LogP contribution in [0.15, 0.2) is 0 Å². The first-order valence-electron chi connectivity index (χ1n) is 8.02. The van der Waals surface area contributed by atoms with Crippen LogP contribution < -0.4 is 10.6 Å². The van der Waals surface area contributed by atoms with Gasteiger partial charge < -0.3 is 15.5 Å². The van der Waals surface area contributed by atoms with Crippen LogP contribution in [0.1, 0.15) is 53.9 Å². The predicted molar refractivity (Wildman–Crippen MR) is 85.0 cm³/mol. The Morgan fingerprint density at radius 1 is 1.19 bits per heavy atom. The molecular formula is C16H31N3O2. The zero-order chi connectivity index (χ0) is 16.0. The number of nitrogens with zero attached hydrogens (tertiary/aromatic N) is 1. The van der Waals surface area contributed by atoms with Crippen LogP contribution in [0, 0.1) is 5.92 Å². The van der Waals surface area contributed by atoms with Crippen LogP contribution >= 0.6 is 0 Å². The second kappa shape index (κ2) is 7.78. The van der Waals surface area contributed by atoms with Crippen LogP contribution in [0.5, 0.6) is 0 Å². The highest BCUT2D eigenvalue weighted by atomic mass is 16.2. The van der Waals surface area contributed by atoms with E-state index in [1.54, 1.807) is 0 Å². The molecule has 0 aromatic heterocycles. The number of likely N-dealkylation sites (tertiary alicyclic amines) is 1. The van der Waals surface area contributed by atoms with Crippen LogP contribution in [-0.2, 0) is 9.59 Å². The van der Waals surface area contributed by atoms with E-state index in [1.165, 1.54) is 0 Å². The minimum Gasteiger partial charge on any atom is -0.353 e. The fourth-order valence-corrected chi connectivity index (χ4v) is 2.46. The largest absolute Gasteiger partial charge is 0.353 e. The molecule has 1 saturated heterocycles. The van der Waals surface area contributed by atoms with Crippen LogP contribution in [-0.4, -0.2) is 47.9 Å². The Kier molecular flexibility index (Phi) is 6.65. The SMILES string of the molecule is CC(C)C(=O)N1CCC(NC(=O)CCNC(C)(C)C)CC1. The van der Waals surface area contributed by atoms with Crippen molar-refractivity contribution in [3.8, 4) is 0 Å². The van der Waals surface area contributed by atoms with E-state index in [9.17, 15) is 9.59 Å². The molecule has 1 rings (SSSR count). The maximum atomic E-state index is 11.9. The third-order valence-electron chi connectivity index (χ3n) is 3.67. The van der Waals surface area contributed by atoms with Gasteiger partial charge in [-0.15, -0.1) is 0 Å². The third kappa shape index (κ3) is 6.93. The molecule has 122 valence electrons. The Labute approximate surface area is 128 Å². The lowest BCUT2D eigenvalue weighted by Crippen LogP contribution is -2.48. The van der Waals surface area contributed by atoms with Gasteiger partial charge >= 0.3 is 0 Å². The second-order valence-electron chi connectivity index (χ2n) is 7.25. The number of nitrogens with one attached hydrogen (secondary N) is 2. The Balaban J connectivity index is 2.23. The normalized spacial score (nSPS) is 17.1. The van der Waals surface area contributed by atoms with Crippen molar-refractivity contribution in [2.75, 3.05) is 19.6 Å². The molecule has 5 nitrogen and oxygen atoms in total. The molecule has 0 bridgehead atoms. The number of hydrogen-bond donors (Lipinski definition) is 2. The lowest BCUT2D eigenvalue weighted by atomic mass is 10.0. The zero-order valence-corrected chi connectivity index (χ0v) is 14.2. The molecule has 0 radical (unpaired) electrons. The number of hydrogen-bond acceptors (Lipinski definition) is 3. The van der Waals surface area contributed by atoms with Crippen molar-refractivity contribution in [3.05, 3.63) is 0 Å². The molecule has 21 heavy (non-hydrogen) atoms. The number of piperidine rings is 1. The van der Waals surface area contributed by atoms with E-state index in [1.807, 2.05) is 18.7 Å². The van der Waals surface area contributed by atoms with Gasteiger partial charge in [-0.05, 0) is 33.6 Å². The monoisotopic (exact) mass is 297 g/mol. The highest BCUT2D eigenvalue weighted by molar-refractivity contribution is 5.78. The summed E-state index contributed by atoms with van der Waals surface area (Å²) in [7, 11) is 0. The zero-order valence-electron chi connectivity index (χ0n) is 14.2. The van der Waals surface area contributed by atoms with Crippen LogP contribution in [0.3, 0.4) is 0 Å². The number of carbonyl (C=O) groups excluding carboxylic acids is 2. The van der Waals surface area contributed by atoms with Crippen molar-refractivity contribution < 1.29 is 9.59 Å². The summed E-state index contributed by atoms with van der Waals surface area (Å²) in [4.78, 5) is 25.7. The smallest absolute Gasteiger partial charge is 0.225 e. The molecule has 0 atom stereocenters. The van der Waals surface area contributed by atoms with Gasteiger partial charge in [0.05, 0.1) is 0 Å². The molecule has 1 heterocycles. The van der Waals surface area contributed by atoms with Gasteiger partial charge in [0.25, 0.3) is 0 Å². The Morgan fingerprint density at radius 2 is 1.76 bits per heavy atom. The molecule has 0 spiro atoms. The Morgan fingerprint density at radius 3 is 2.24 bits per heavy atom. The third-order valence-corrected chi connectivity index (χ3v) is 3.67. The van der Waals surface area contributed by atoms with Gasteiger partial charge in [-0.3, -0.25) is 9.59 Å². The van der Waals surface area contributed by atoms with Crippen molar-refractivity contribution in [3.63, 3.8) is 0 Å². The van der Waals surface area contributed by atoms with Gasteiger partial charge in [0.15, 0.2) is 0 Å². The van der Waals surface area contributed by atoms with Gasteiger partial charge in [0, 0.05) is 43.6 Å². The van der Waals surface area contributed by atoms with Gasteiger partial charge in [0.1, 0.15) is 0 Å². The van der Waals surface area contributed by atoms with Crippen molar-refractivity contribution >= 4 is 11.8 Å². The molecule has 2 amide bonds. The number of rotatable bonds is 5. The van der Waals surface area contributed by atoms with Crippen molar-refractivity contribution in [1.29, 1.82) is 0 Å². The van der Waals surface area contributed by atoms with E-state index in [0.717, 1.165) is 25.9 Å². The van der Waals surface area contributed by atoms with E-state index in [4.69, 9.17) is 0 Å². The minimum absolute atomic E-state index is 0.0445. The van der Waals surface area contributed by atoms with Gasteiger partial charge in [-0.2, -0.15) is 0 Å². The molecule has 1 aliphatic heterocycles. The highest BCUT2D eigenvalue weighted by Gasteiger charge is 2.24. The molecule has 0 saturated carbocycles. The van der Waals surface area contributed by atoms with Crippen molar-refractivity contribution in [2.24, 2.45) is 5.92 Å². The fourth-order valence-electron chi connectivity index (χ4n) is 2.46. The summed E-state index contributed by atoms with van der Waals surface area (Å²) >= 11 is 0. The summed E-state index contributed by atoms with van der Waals surface area (Å²) in [6.45, 7) is 12.3. The fraction of sp³-hybridized carbons (Fsp3) is 0.875. The van der Waals surface area contributed by atoms with Crippen molar-refractivity contribution in [1.82, 2.24) is 15.5 Å². The van der Waals surface area contributed by atoms with Crippen molar-refractivity contribution in [2.45, 2.75) is 65.5 Å². The summed E-state index contributed by atoms with van der Waals surface area (Å²) in [6, 6.07) is 0.211. The van der Waals surface area contributed by atoms with Gasteiger partial charge in [0.2, 0.25) is 11.8 Å². The second-order valence-corrected chi connectivity index (χ2v) is 7.25. The topological polar surface area (TPSA) is 61.4 Å². The summed E-state index contributed by atoms with van der Waals surface area (Å²) < 4.78 is 0. The summed E-state index contributed by atoms with van der Waals surface area (Å²) in [5, 5.41) is 6.39. The molecule has 5 heteroatoms. The molecule has 0 aromatic carbocycles. The van der Waals surface area contributed by atoms with Gasteiger partial charge in [-0.1, -0.05) is 13.8 Å². The quantitative estimate of drug-likeness (QED) is 0.809. The maximum absolute atomic E-state index is 11.9. The average molecular weight is 297 g/mol. The maximum Gasteiger partial charge on any atom is 0.225 e. The molecular weight excluding hydrogens is 266 g/mol. The molecule has 1 fully saturated rings. The summed E-state index contributed by atoms with van der Waals surface area (Å²) in [6.07, 6.45) is 2.22. The minimum atomic E-state index is 0.0445. The first kappa shape index (κ1) is 18.0. The predicted octanol–water partition coefficient (Wildman–Crippen LogP) is 1.53. The molecule has 0 aliphatic carbocycles. The van der Waals surface area contributed by atoms with E-state index in [2.05, 4.69) is 31.4 Å². The molecule has 1 aliphatic rings. The first-order valence-corrected chi connectivity index (χ1v) is 8.02. The lowest BCUT2D eigenvalue weighted by molar-refractivity contribution is -0.135. The Hall–Kier alpha value is -1.10. The van der Waals surface area contributed by atoms with Crippen LogP contribution in [0.4, 0.5) is 0 Å². The number of carbonyl (C=O) groups is 2. The van der Waals surface area contributed by atoms with E-state index in [-0.39, 0.29) is 29.3 Å². The van der Waals surface area contributed by atoms with Crippen LogP contribution in [0.2, 0.25) is 0 Å². The van der Waals surface area contributed by atoms with E-state index < -0.39 is 0 Å². The molecule has 0 unspecified atom stereocenters. The molecule has 0 aromatic rings.